The van der Waals surface area contributed by atoms with Crippen LogP contribution >= 0.6 is 0 Å². The first-order chi connectivity index (χ1) is 12.3. The summed E-state index contributed by atoms with van der Waals surface area (Å²) in [7, 11) is 0. The van der Waals surface area contributed by atoms with E-state index in [1.165, 1.54) is 5.56 Å². The normalized spacial score (nSPS) is 13.2. The molecule has 1 N–H and O–H groups in total. The van der Waals surface area contributed by atoms with Crippen LogP contribution in [0.4, 0.5) is 0 Å². The van der Waals surface area contributed by atoms with Crippen molar-refractivity contribution < 1.29 is 4.79 Å². The molecule has 0 radical (unpaired) electrons. The predicted octanol–water partition coefficient (Wildman–Crippen LogP) is 5.35. The van der Waals surface area contributed by atoms with Crippen molar-refractivity contribution >= 4 is 5.78 Å². The molecule has 0 aliphatic rings. The number of hydrogen-bond acceptors (Lipinski definition) is 2. The quantitative estimate of drug-likeness (QED) is 0.592. The van der Waals surface area contributed by atoms with Gasteiger partial charge < -0.3 is 0 Å². The largest absolute Gasteiger partial charge is 0.297 e. The lowest BCUT2D eigenvalue weighted by atomic mass is 9.94. The summed E-state index contributed by atoms with van der Waals surface area (Å²) in [5.41, 5.74) is 2.92. The minimum atomic E-state index is -0.367. The maximum absolute atomic E-state index is 13.2. The Hall–Kier alpha value is -2.71. The van der Waals surface area contributed by atoms with E-state index in [2.05, 4.69) is 24.4 Å². The Kier molecular flexibility index (Phi) is 5.76. The predicted molar refractivity (Wildman–Crippen MR) is 103 cm³/mol. The average Bonchev–Trinajstić information content (AvgIpc) is 2.70. The summed E-state index contributed by atoms with van der Waals surface area (Å²) >= 11 is 0. The third kappa shape index (κ3) is 4.23. The molecule has 0 spiro atoms. The molecule has 3 aromatic carbocycles. The van der Waals surface area contributed by atoms with Gasteiger partial charge in [0.2, 0.25) is 0 Å². The Morgan fingerprint density at radius 2 is 1.24 bits per heavy atom. The van der Waals surface area contributed by atoms with E-state index in [4.69, 9.17) is 0 Å². The first-order valence-corrected chi connectivity index (χ1v) is 8.74. The van der Waals surface area contributed by atoms with Gasteiger partial charge >= 0.3 is 0 Å². The van der Waals surface area contributed by atoms with Crippen molar-refractivity contribution in [3.05, 3.63) is 108 Å². The molecule has 2 unspecified atom stereocenters. The van der Waals surface area contributed by atoms with Crippen molar-refractivity contribution in [2.75, 3.05) is 0 Å². The second kappa shape index (κ2) is 8.41. The van der Waals surface area contributed by atoms with Crippen molar-refractivity contribution in [1.82, 2.24) is 5.32 Å². The van der Waals surface area contributed by atoms with Crippen molar-refractivity contribution in [2.24, 2.45) is 0 Å². The fraction of sp³-hybridized carbons (Fsp3) is 0.174. The smallest absolute Gasteiger partial charge is 0.184 e. The topological polar surface area (TPSA) is 29.1 Å². The van der Waals surface area contributed by atoms with Crippen LogP contribution in [-0.2, 0) is 0 Å². The van der Waals surface area contributed by atoms with Crippen LogP contribution in [0.15, 0.2) is 91.0 Å². The molecular formula is C23H23NO. The summed E-state index contributed by atoms with van der Waals surface area (Å²) in [6, 6.07) is 29.5. The van der Waals surface area contributed by atoms with Crippen LogP contribution in [0.25, 0.3) is 0 Å². The molecular weight excluding hydrogens is 306 g/mol. The maximum Gasteiger partial charge on any atom is 0.184 e. The van der Waals surface area contributed by atoms with Crippen LogP contribution in [0, 0.1) is 0 Å². The number of hydrogen-bond donors (Lipinski definition) is 1. The number of benzene rings is 3. The average molecular weight is 329 g/mol. The highest BCUT2D eigenvalue weighted by molar-refractivity contribution is 6.00. The van der Waals surface area contributed by atoms with Gasteiger partial charge in [-0.1, -0.05) is 97.9 Å². The SMILES string of the molecule is CCC(NC(C(=O)c1ccccc1)c1ccccc1)c1ccccc1. The van der Waals surface area contributed by atoms with Crippen LogP contribution < -0.4 is 5.32 Å². The zero-order valence-electron chi connectivity index (χ0n) is 14.4. The lowest BCUT2D eigenvalue weighted by molar-refractivity contribution is 0.0935. The molecule has 0 aromatic heterocycles. The summed E-state index contributed by atoms with van der Waals surface area (Å²) in [5.74, 6) is 0.0983. The molecule has 3 rings (SSSR count). The van der Waals surface area contributed by atoms with Crippen LogP contribution in [-0.4, -0.2) is 5.78 Å². The van der Waals surface area contributed by atoms with E-state index in [0.29, 0.717) is 0 Å². The molecule has 0 fully saturated rings. The monoisotopic (exact) mass is 329 g/mol. The third-order valence-electron chi connectivity index (χ3n) is 4.43. The van der Waals surface area contributed by atoms with Gasteiger partial charge in [-0.2, -0.15) is 0 Å². The van der Waals surface area contributed by atoms with Gasteiger partial charge in [-0.3, -0.25) is 10.1 Å². The van der Waals surface area contributed by atoms with Crippen molar-refractivity contribution in [2.45, 2.75) is 25.4 Å². The van der Waals surface area contributed by atoms with Crippen molar-refractivity contribution in [3.8, 4) is 0 Å². The Morgan fingerprint density at radius 1 is 0.760 bits per heavy atom. The van der Waals surface area contributed by atoms with Crippen molar-refractivity contribution in [3.63, 3.8) is 0 Å². The van der Waals surface area contributed by atoms with Crippen molar-refractivity contribution in [1.29, 1.82) is 0 Å². The van der Waals surface area contributed by atoms with Gasteiger partial charge in [-0.25, -0.2) is 0 Å². The molecule has 0 heterocycles. The minimum Gasteiger partial charge on any atom is -0.297 e. The summed E-state index contributed by atoms with van der Waals surface area (Å²) < 4.78 is 0. The fourth-order valence-corrected chi connectivity index (χ4v) is 3.07. The molecule has 0 bridgehead atoms. The molecule has 2 heteroatoms. The molecule has 3 aromatic rings. The Labute approximate surface area is 149 Å². The number of Topliss-reactive ketones (excluding diaryl/α,β-unsaturated/α-hetero) is 1. The van der Waals surface area contributed by atoms with Crippen LogP contribution in [0.3, 0.4) is 0 Å². The van der Waals surface area contributed by atoms with Crippen LogP contribution in [0.5, 0.6) is 0 Å². The van der Waals surface area contributed by atoms with Gasteiger partial charge in [-0.05, 0) is 17.5 Å². The van der Waals surface area contributed by atoms with Gasteiger partial charge in [0, 0.05) is 11.6 Å². The zero-order valence-corrected chi connectivity index (χ0v) is 14.4. The van der Waals surface area contributed by atoms with E-state index < -0.39 is 0 Å². The maximum atomic E-state index is 13.2. The molecule has 0 saturated carbocycles. The second-order valence-corrected chi connectivity index (χ2v) is 6.11. The highest BCUT2D eigenvalue weighted by Crippen LogP contribution is 2.25. The zero-order chi connectivity index (χ0) is 17.5. The summed E-state index contributed by atoms with van der Waals surface area (Å²) in [4.78, 5) is 13.2. The van der Waals surface area contributed by atoms with Crippen LogP contribution in [0.1, 0.15) is 46.9 Å². The van der Waals surface area contributed by atoms with Crippen LogP contribution in [0.2, 0.25) is 0 Å². The standard InChI is InChI=1S/C23H23NO/c1-2-21(18-12-6-3-7-13-18)24-22(19-14-8-4-9-15-19)23(25)20-16-10-5-11-17-20/h3-17,21-22,24H,2H2,1H3. The molecule has 2 nitrogen and oxygen atoms in total. The fourth-order valence-electron chi connectivity index (χ4n) is 3.07. The highest BCUT2D eigenvalue weighted by Gasteiger charge is 2.24. The Balaban J connectivity index is 1.93. The molecule has 25 heavy (non-hydrogen) atoms. The first-order valence-electron chi connectivity index (χ1n) is 8.74. The number of carbonyl (C=O) groups is 1. The van der Waals surface area contributed by atoms with E-state index >= 15 is 0 Å². The molecule has 0 saturated heterocycles. The van der Waals surface area contributed by atoms with E-state index in [-0.39, 0.29) is 17.9 Å². The van der Waals surface area contributed by atoms with Gasteiger partial charge in [0.05, 0.1) is 6.04 Å². The number of nitrogens with one attached hydrogen (secondary N) is 1. The molecule has 0 aliphatic carbocycles. The highest BCUT2D eigenvalue weighted by atomic mass is 16.1. The molecule has 2 atom stereocenters. The molecule has 126 valence electrons. The van der Waals surface area contributed by atoms with Gasteiger partial charge in [0.25, 0.3) is 0 Å². The number of rotatable bonds is 7. The van der Waals surface area contributed by atoms with Gasteiger partial charge in [0.1, 0.15) is 0 Å². The molecule has 0 amide bonds. The van der Waals surface area contributed by atoms with Gasteiger partial charge in [-0.15, -0.1) is 0 Å². The van der Waals surface area contributed by atoms with Gasteiger partial charge in [0.15, 0.2) is 5.78 Å². The minimum absolute atomic E-state index is 0.0983. The summed E-state index contributed by atoms with van der Waals surface area (Å²) in [5, 5.41) is 3.59. The molecule has 0 aliphatic heterocycles. The second-order valence-electron chi connectivity index (χ2n) is 6.11. The Bertz CT molecular complexity index is 784. The summed E-state index contributed by atoms with van der Waals surface area (Å²) in [6.45, 7) is 2.14. The Morgan fingerprint density at radius 3 is 1.76 bits per heavy atom. The number of carbonyl (C=O) groups excluding carboxylic acids is 1. The number of ketones is 1. The first kappa shape index (κ1) is 17.1. The van der Waals surface area contributed by atoms with E-state index in [1.54, 1.807) is 0 Å². The van der Waals surface area contributed by atoms with E-state index in [1.807, 2.05) is 78.9 Å². The lowest BCUT2D eigenvalue weighted by Gasteiger charge is -2.25. The van der Waals surface area contributed by atoms with E-state index in [0.717, 1.165) is 17.5 Å². The summed E-state index contributed by atoms with van der Waals surface area (Å²) in [6.07, 6.45) is 0.912. The third-order valence-corrected chi connectivity index (χ3v) is 4.43. The lowest BCUT2D eigenvalue weighted by Crippen LogP contribution is -2.32. The van der Waals surface area contributed by atoms with E-state index in [9.17, 15) is 4.79 Å².